The van der Waals surface area contributed by atoms with Gasteiger partial charge in [0.15, 0.2) is 0 Å². The first kappa shape index (κ1) is 28.0. The lowest BCUT2D eigenvalue weighted by Gasteiger charge is -2.34. The third-order valence-corrected chi connectivity index (χ3v) is 8.10. The average molecular weight is 565 g/mol. The number of hydrogen-bond donors (Lipinski definition) is 1. The van der Waals surface area contributed by atoms with Gasteiger partial charge in [-0.05, 0) is 50.5 Å². The zero-order valence-electron chi connectivity index (χ0n) is 23.6. The Morgan fingerprint density at radius 3 is 1.77 bits per heavy atom. The van der Waals surface area contributed by atoms with Gasteiger partial charge >= 0.3 is 0 Å². The smallest absolute Gasteiger partial charge is 0.255 e. The molecular formula is C30H37ClN6O3. The Morgan fingerprint density at radius 2 is 1.23 bits per heavy atom. The first-order chi connectivity index (χ1) is 19.4. The largest absolute Gasteiger partial charge is 0.497 e. The fourth-order valence-corrected chi connectivity index (χ4v) is 5.47. The summed E-state index contributed by atoms with van der Waals surface area (Å²) in [6, 6.07) is 11.5. The number of piperazine rings is 2. The molecule has 4 heterocycles. The van der Waals surface area contributed by atoms with Gasteiger partial charge in [0.1, 0.15) is 16.7 Å². The molecule has 0 atom stereocenters. The molecule has 2 aromatic heterocycles. The van der Waals surface area contributed by atoms with Crippen LogP contribution in [0.1, 0.15) is 0 Å². The molecule has 10 heteroatoms. The van der Waals surface area contributed by atoms with E-state index in [0.717, 1.165) is 91.4 Å². The van der Waals surface area contributed by atoms with Crippen LogP contribution in [-0.4, -0.2) is 100 Å². The average Bonchev–Trinajstić information content (AvgIpc) is 2.99. The van der Waals surface area contributed by atoms with Crippen molar-refractivity contribution in [2.75, 3.05) is 90.5 Å². The Morgan fingerprint density at radius 1 is 0.725 bits per heavy atom. The van der Waals surface area contributed by atoms with Crippen LogP contribution in [0.2, 0.25) is 5.15 Å². The van der Waals surface area contributed by atoms with E-state index in [1.165, 1.54) is 0 Å². The molecule has 40 heavy (non-hydrogen) atoms. The van der Waals surface area contributed by atoms with Crippen molar-refractivity contribution in [2.45, 2.75) is 0 Å². The van der Waals surface area contributed by atoms with E-state index in [9.17, 15) is 4.79 Å². The topological polar surface area (TPSA) is 77.2 Å². The fourth-order valence-electron chi connectivity index (χ4n) is 5.26. The van der Waals surface area contributed by atoms with E-state index in [1.54, 1.807) is 14.2 Å². The van der Waals surface area contributed by atoms with Crippen LogP contribution in [-0.2, 0) is 0 Å². The highest BCUT2D eigenvalue weighted by Gasteiger charge is 2.19. The Kier molecular flexibility index (Phi) is 8.63. The number of nitrogens with zero attached hydrogens (tertiary/aromatic N) is 5. The van der Waals surface area contributed by atoms with Crippen LogP contribution < -0.4 is 24.8 Å². The van der Waals surface area contributed by atoms with Crippen LogP contribution in [0.3, 0.4) is 0 Å². The van der Waals surface area contributed by atoms with E-state index in [2.05, 4.69) is 43.7 Å². The molecule has 0 radical (unpaired) electrons. The molecule has 2 aliphatic heterocycles. The van der Waals surface area contributed by atoms with Crippen molar-refractivity contribution in [3.8, 4) is 11.5 Å². The van der Waals surface area contributed by atoms with Crippen molar-refractivity contribution < 1.29 is 9.47 Å². The molecule has 2 saturated heterocycles. The Balaban J connectivity index is 0.000000161. The number of methoxy groups -OCH3 is 2. The van der Waals surface area contributed by atoms with Gasteiger partial charge in [0, 0.05) is 80.1 Å². The van der Waals surface area contributed by atoms with Gasteiger partial charge in [-0.1, -0.05) is 11.6 Å². The van der Waals surface area contributed by atoms with Crippen molar-refractivity contribution in [2.24, 2.45) is 0 Å². The standard InChI is InChI=1S/C15H18ClN3O.C15H19N3O2/c1-18-5-7-19(8-6-18)14-10-17-15(16)12-4-3-11(20-2)9-13(12)14;1-17-5-7-18(8-6-17)14-10-16-15(19)12-4-3-11(20-2)9-13(12)14/h3-4,9-10H,5-8H2,1-2H3;3-4,9-10H,5-8H2,1-2H3,(H,16,19). The van der Waals surface area contributed by atoms with E-state index in [0.29, 0.717) is 10.5 Å². The van der Waals surface area contributed by atoms with Gasteiger partial charge in [0.25, 0.3) is 5.56 Å². The minimum Gasteiger partial charge on any atom is -0.497 e. The van der Waals surface area contributed by atoms with Crippen LogP contribution in [0.5, 0.6) is 11.5 Å². The van der Waals surface area contributed by atoms with E-state index in [1.807, 2.05) is 48.8 Å². The van der Waals surface area contributed by atoms with Crippen LogP contribution in [0.4, 0.5) is 11.4 Å². The Hall–Kier alpha value is -3.53. The van der Waals surface area contributed by atoms with E-state index < -0.39 is 0 Å². The first-order valence-corrected chi connectivity index (χ1v) is 13.9. The number of benzene rings is 2. The lowest BCUT2D eigenvalue weighted by molar-refractivity contribution is 0.313. The molecule has 0 amide bonds. The maximum absolute atomic E-state index is 11.9. The van der Waals surface area contributed by atoms with Gasteiger partial charge in [0.05, 0.1) is 31.8 Å². The molecule has 0 saturated carbocycles. The predicted molar refractivity (Wildman–Crippen MR) is 164 cm³/mol. The number of aromatic amines is 1. The monoisotopic (exact) mass is 564 g/mol. The maximum atomic E-state index is 11.9. The zero-order chi connectivity index (χ0) is 28.2. The van der Waals surface area contributed by atoms with Crippen molar-refractivity contribution in [3.63, 3.8) is 0 Å². The van der Waals surface area contributed by atoms with Crippen LogP contribution in [0.25, 0.3) is 21.5 Å². The Bertz CT molecular complexity index is 1530. The molecule has 2 fully saturated rings. The van der Waals surface area contributed by atoms with Gasteiger partial charge in [-0.25, -0.2) is 4.98 Å². The number of likely N-dealkylation sites (N-methyl/N-ethyl adjacent to an activating group) is 2. The maximum Gasteiger partial charge on any atom is 0.255 e. The van der Waals surface area contributed by atoms with Crippen LogP contribution in [0.15, 0.2) is 53.6 Å². The minimum absolute atomic E-state index is 0.0551. The van der Waals surface area contributed by atoms with Crippen molar-refractivity contribution in [1.82, 2.24) is 19.8 Å². The summed E-state index contributed by atoms with van der Waals surface area (Å²) in [5.41, 5.74) is 2.16. The number of pyridine rings is 2. The highest BCUT2D eigenvalue weighted by Crippen LogP contribution is 2.33. The second kappa shape index (κ2) is 12.3. The summed E-state index contributed by atoms with van der Waals surface area (Å²) in [5, 5.41) is 4.29. The molecule has 0 aliphatic carbocycles. The van der Waals surface area contributed by atoms with Crippen LogP contribution >= 0.6 is 11.6 Å². The number of ether oxygens (including phenoxy) is 2. The summed E-state index contributed by atoms with van der Waals surface area (Å²) in [6.07, 6.45) is 3.69. The number of aromatic nitrogens is 2. The number of H-pyrrole nitrogens is 1. The van der Waals surface area contributed by atoms with Crippen molar-refractivity contribution in [1.29, 1.82) is 0 Å². The van der Waals surface area contributed by atoms with Crippen LogP contribution in [0, 0.1) is 0 Å². The predicted octanol–water partition coefficient (Wildman–Crippen LogP) is 3.94. The second-order valence-corrected chi connectivity index (χ2v) is 10.7. The summed E-state index contributed by atoms with van der Waals surface area (Å²) in [5.74, 6) is 1.62. The number of rotatable bonds is 4. The molecule has 0 spiro atoms. The number of fused-ring (bicyclic) bond motifs is 2. The van der Waals surface area contributed by atoms with Gasteiger partial charge in [-0.15, -0.1) is 0 Å². The fraction of sp³-hybridized carbons (Fsp3) is 0.400. The molecule has 0 bridgehead atoms. The molecule has 4 aromatic rings. The summed E-state index contributed by atoms with van der Waals surface area (Å²) in [4.78, 5) is 28.4. The highest BCUT2D eigenvalue weighted by molar-refractivity contribution is 6.34. The van der Waals surface area contributed by atoms with E-state index >= 15 is 0 Å². The molecule has 9 nitrogen and oxygen atoms in total. The minimum atomic E-state index is -0.0551. The molecule has 2 aromatic carbocycles. The third-order valence-electron chi connectivity index (χ3n) is 7.80. The van der Waals surface area contributed by atoms with E-state index in [-0.39, 0.29) is 5.56 Å². The number of halogens is 1. The normalized spacial score (nSPS) is 16.6. The molecule has 1 N–H and O–H groups in total. The quantitative estimate of drug-likeness (QED) is 0.374. The summed E-state index contributed by atoms with van der Waals surface area (Å²) >= 11 is 6.21. The third kappa shape index (κ3) is 5.96. The number of nitrogens with one attached hydrogen (secondary N) is 1. The van der Waals surface area contributed by atoms with Crippen molar-refractivity contribution >= 4 is 44.5 Å². The molecule has 2 aliphatic rings. The number of anilines is 2. The summed E-state index contributed by atoms with van der Waals surface area (Å²) in [6.45, 7) is 8.14. The van der Waals surface area contributed by atoms with Crippen molar-refractivity contribution in [3.05, 3.63) is 64.3 Å². The first-order valence-electron chi connectivity index (χ1n) is 13.6. The summed E-state index contributed by atoms with van der Waals surface area (Å²) < 4.78 is 10.6. The van der Waals surface area contributed by atoms with Gasteiger partial charge in [-0.2, -0.15) is 0 Å². The number of hydrogen-bond acceptors (Lipinski definition) is 8. The zero-order valence-corrected chi connectivity index (χ0v) is 24.4. The molecular weight excluding hydrogens is 528 g/mol. The molecule has 6 rings (SSSR count). The molecule has 0 unspecified atom stereocenters. The lowest BCUT2D eigenvalue weighted by Crippen LogP contribution is -2.44. The second-order valence-electron chi connectivity index (χ2n) is 10.3. The van der Waals surface area contributed by atoms with Gasteiger partial charge in [0.2, 0.25) is 0 Å². The Labute approximate surface area is 239 Å². The summed E-state index contributed by atoms with van der Waals surface area (Å²) in [7, 11) is 7.60. The van der Waals surface area contributed by atoms with E-state index in [4.69, 9.17) is 21.1 Å². The highest BCUT2D eigenvalue weighted by atomic mass is 35.5. The van der Waals surface area contributed by atoms with Gasteiger partial charge < -0.3 is 34.1 Å². The molecule has 212 valence electrons. The lowest BCUT2D eigenvalue weighted by atomic mass is 10.1. The van der Waals surface area contributed by atoms with Gasteiger partial charge in [-0.3, -0.25) is 4.79 Å². The SMILES string of the molecule is COc1ccc2c(=O)[nH]cc(N3CCN(C)CC3)c2c1.COc1ccc2c(Cl)ncc(N3CCN(C)CC3)c2c1.